The van der Waals surface area contributed by atoms with Crippen LogP contribution in [-0.4, -0.2) is 18.0 Å². The summed E-state index contributed by atoms with van der Waals surface area (Å²) >= 11 is 1.50. The van der Waals surface area contributed by atoms with Crippen LogP contribution in [0.1, 0.15) is 32.1 Å². The maximum absolute atomic E-state index is 12.0. The smallest absolute Gasteiger partial charge is 0.226 e. The second-order valence-corrected chi connectivity index (χ2v) is 7.64. The van der Waals surface area contributed by atoms with E-state index < -0.39 is 0 Å². The fourth-order valence-corrected chi connectivity index (χ4v) is 2.96. The van der Waals surface area contributed by atoms with E-state index in [9.17, 15) is 4.79 Å². The van der Waals surface area contributed by atoms with Crippen molar-refractivity contribution in [2.45, 2.75) is 34.1 Å². The summed E-state index contributed by atoms with van der Waals surface area (Å²) in [5.74, 6) is 0.817. The second-order valence-electron chi connectivity index (χ2n) is 6.44. The van der Waals surface area contributed by atoms with Gasteiger partial charge in [-0.15, -0.1) is 11.3 Å². The minimum Gasteiger partial charge on any atom is -0.497 e. The van der Waals surface area contributed by atoms with E-state index in [0.717, 1.165) is 21.9 Å². The van der Waals surface area contributed by atoms with Gasteiger partial charge in [-0.05, 0) is 36.6 Å². The number of methoxy groups -OCH3 is 1. The van der Waals surface area contributed by atoms with Crippen LogP contribution in [0.5, 0.6) is 5.75 Å². The molecule has 4 nitrogen and oxygen atoms in total. The zero-order valence-electron chi connectivity index (χ0n) is 13.7. The molecule has 0 saturated carbocycles. The molecule has 2 rings (SSSR count). The van der Waals surface area contributed by atoms with E-state index in [1.165, 1.54) is 11.3 Å². The lowest BCUT2D eigenvalue weighted by atomic mass is 9.92. The first-order valence-corrected chi connectivity index (χ1v) is 8.02. The highest BCUT2D eigenvalue weighted by Crippen LogP contribution is 2.31. The number of anilines is 1. The lowest BCUT2D eigenvalue weighted by molar-refractivity contribution is -0.117. The molecule has 1 heterocycles. The van der Waals surface area contributed by atoms with Gasteiger partial charge in [0.2, 0.25) is 5.91 Å². The molecule has 5 heteroatoms. The highest BCUT2D eigenvalue weighted by atomic mass is 32.1. The Morgan fingerprint density at radius 1 is 1.27 bits per heavy atom. The molecule has 0 unspecified atom stereocenters. The van der Waals surface area contributed by atoms with Gasteiger partial charge in [0.05, 0.1) is 12.8 Å². The molecule has 0 aliphatic rings. The fourth-order valence-electron chi connectivity index (χ4n) is 2.11. The largest absolute Gasteiger partial charge is 0.497 e. The van der Waals surface area contributed by atoms with Crippen molar-refractivity contribution in [3.05, 3.63) is 29.1 Å². The highest BCUT2D eigenvalue weighted by Gasteiger charge is 2.18. The van der Waals surface area contributed by atoms with Gasteiger partial charge >= 0.3 is 0 Å². The third-order valence-electron chi connectivity index (χ3n) is 3.10. The van der Waals surface area contributed by atoms with E-state index in [4.69, 9.17) is 4.74 Å². The number of thiazole rings is 1. The number of amides is 1. The number of nitrogens with one attached hydrogen (secondary N) is 1. The van der Waals surface area contributed by atoms with Crippen molar-refractivity contribution in [3.8, 4) is 17.0 Å². The Bertz CT molecular complexity index is 654. The summed E-state index contributed by atoms with van der Waals surface area (Å²) in [5, 5.41) is 3.55. The summed E-state index contributed by atoms with van der Waals surface area (Å²) in [7, 11) is 1.64. The first kappa shape index (κ1) is 16.5. The molecule has 0 saturated heterocycles. The molecule has 22 heavy (non-hydrogen) atoms. The molecule has 2 aromatic rings. The van der Waals surface area contributed by atoms with Crippen molar-refractivity contribution in [3.63, 3.8) is 0 Å². The maximum Gasteiger partial charge on any atom is 0.226 e. The SMILES string of the molecule is COc1ccc(-c2nc(NC(=O)CC(C)(C)C)sc2C)cc1. The number of rotatable bonds is 4. The molecule has 0 spiro atoms. The van der Waals surface area contributed by atoms with E-state index in [-0.39, 0.29) is 11.3 Å². The van der Waals surface area contributed by atoms with Gasteiger partial charge < -0.3 is 10.1 Å². The van der Waals surface area contributed by atoms with Crippen LogP contribution in [0.3, 0.4) is 0 Å². The third-order valence-corrected chi connectivity index (χ3v) is 3.98. The van der Waals surface area contributed by atoms with Crippen molar-refractivity contribution < 1.29 is 9.53 Å². The second kappa shape index (κ2) is 6.48. The van der Waals surface area contributed by atoms with Crippen LogP contribution in [0.4, 0.5) is 5.13 Å². The van der Waals surface area contributed by atoms with Crippen molar-refractivity contribution in [2.75, 3.05) is 12.4 Å². The predicted molar refractivity (Wildman–Crippen MR) is 91.5 cm³/mol. The molecule has 0 aliphatic heterocycles. The van der Waals surface area contributed by atoms with E-state index >= 15 is 0 Å². The molecule has 1 amide bonds. The lowest BCUT2D eigenvalue weighted by Gasteiger charge is -2.16. The number of ether oxygens (including phenoxy) is 1. The summed E-state index contributed by atoms with van der Waals surface area (Å²) in [5.41, 5.74) is 1.89. The van der Waals surface area contributed by atoms with Crippen LogP contribution in [0.25, 0.3) is 11.3 Å². The van der Waals surface area contributed by atoms with Gasteiger partial charge in [-0.1, -0.05) is 20.8 Å². The number of hydrogen-bond donors (Lipinski definition) is 1. The molecule has 118 valence electrons. The van der Waals surface area contributed by atoms with Gasteiger partial charge in [0, 0.05) is 16.9 Å². The molecule has 1 N–H and O–H groups in total. The normalized spacial score (nSPS) is 11.3. The van der Waals surface area contributed by atoms with Crippen LogP contribution in [-0.2, 0) is 4.79 Å². The van der Waals surface area contributed by atoms with Crippen molar-refractivity contribution in [2.24, 2.45) is 5.41 Å². The van der Waals surface area contributed by atoms with Crippen LogP contribution in [0.15, 0.2) is 24.3 Å². The number of aromatic nitrogens is 1. The first-order chi connectivity index (χ1) is 10.3. The zero-order chi connectivity index (χ0) is 16.3. The Hall–Kier alpha value is -1.88. The van der Waals surface area contributed by atoms with Crippen molar-refractivity contribution >= 4 is 22.4 Å². The van der Waals surface area contributed by atoms with E-state index in [1.54, 1.807) is 7.11 Å². The summed E-state index contributed by atoms with van der Waals surface area (Å²) in [6.07, 6.45) is 0.476. The molecule has 0 radical (unpaired) electrons. The molecule has 0 fully saturated rings. The van der Waals surface area contributed by atoms with Crippen LogP contribution in [0, 0.1) is 12.3 Å². The average molecular weight is 318 g/mol. The number of benzene rings is 1. The average Bonchev–Trinajstić information content (AvgIpc) is 2.77. The topological polar surface area (TPSA) is 51.2 Å². The zero-order valence-corrected chi connectivity index (χ0v) is 14.5. The first-order valence-electron chi connectivity index (χ1n) is 7.20. The summed E-state index contributed by atoms with van der Waals surface area (Å²) < 4.78 is 5.16. The van der Waals surface area contributed by atoms with Gasteiger partial charge in [0.1, 0.15) is 5.75 Å². The molecule has 0 bridgehead atoms. The Labute approximate surface area is 135 Å². The molecule has 1 aromatic heterocycles. The van der Waals surface area contributed by atoms with Gasteiger partial charge in [0.15, 0.2) is 5.13 Å². The molecular formula is C17H22N2O2S. The van der Waals surface area contributed by atoms with Crippen LogP contribution in [0.2, 0.25) is 0 Å². The summed E-state index contributed by atoms with van der Waals surface area (Å²) in [6, 6.07) is 7.77. The van der Waals surface area contributed by atoms with Gasteiger partial charge in [-0.25, -0.2) is 4.98 Å². The van der Waals surface area contributed by atoms with Crippen molar-refractivity contribution in [1.29, 1.82) is 0 Å². The number of aryl methyl sites for hydroxylation is 1. The van der Waals surface area contributed by atoms with E-state index in [1.807, 2.05) is 52.0 Å². The Kier molecular flexibility index (Phi) is 4.86. The fraction of sp³-hybridized carbons (Fsp3) is 0.412. The van der Waals surface area contributed by atoms with Crippen LogP contribution < -0.4 is 10.1 Å². The van der Waals surface area contributed by atoms with Gasteiger partial charge in [0.25, 0.3) is 0 Å². The summed E-state index contributed by atoms with van der Waals surface area (Å²) in [4.78, 5) is 17.6. The van der Waals surface area contributed by atoms with Gasteiger partial charge in [-0.3, -0.25) is 4.79 Å². The number of nitrogens with zero attached hydrogens (tertiary/aromatic N) is 1. The van der Waals surface area contributed by atoms with Crippen LogP contribution >= 0.6 is 11.3 Å². The number of hydrogen-bond acceptors (Lipinski definition) is 4. The monoisotopic (exact) mass is 318 g/mol. The maximum atomic E-state index is 12.0. The number of carbonyl (C=O) groups excluding carboxylic acids is 1. The molecular weight excluding hydrogens is 296 g/mol. The minimum absolute atomic E-state index is 0.00234. The number of carbonyl (C=O) groups is 1. The Morgan fingerprint density at radius 3 is 2.45 bits per heavy atom. The molecule has 0 aliphatic carbocycles. The standard InChI is InChI=1S/C17H22N2O2S/c1-11-15(12-6-8-13(21-5)9-7-12)19-16(22-11)18-14(20)10-17(2,3)4/h6-9H,10H2,1-5H3,(H,18,19,20). The highest BCUT2D eigenvalue weighted by molar-refractivity contribution is 7.16. The molecule has 1 aromatic carbocycles. The third kappa shape index (κ3) is 4.31. The minimum atomic E-state index is -0.0325. The molecule has 0 atom stereocenters. The Balaban J connectivity index is 2.15. The lowest BCUT2D eigenvalue weighted by Crippen LogP contribution is -2.19. The van der Waals surface area contributed by atoms with Gasteiger partial charge in [-0.2, -0.15) is 0 Å². The van der Waals surface area contributed by atoms with E-state index in [2.05, 4.69) is 10.3 Å². The predicted octanol–water partition coefficient (Wildman–Crippen LogP) is 4.50. The van der Waals surface area contributed by atoms with E-state index in [0.29, 0.717) is 11.6 Å². The van der Waals surface area contributed by atoms with Crippen molar-refractivity contribution in [1.82, 2.24) is 4.98 Å². The Morgan fingerprint density at radius 2 is 1.91 bits per heavy atom. The summed E-state index contributed by atoms with van der Waals surface area (Å²) in [6.45, 7) is 8.14. The quantitative estimate of drug-likeness (QED) is 0.903.